The van der Waals surface area contributed by atoms with Crippen LogP contribution in [0.4, 0.5) is 0 Å². The zero-order valence-corrected chi connectivity index (χ0v) is 13.7. The predicted octanol–water partition coefficient (Wildman–Crippen LogP) is 3.98. The van der Waals surface area contributed by atoms with Crippen molar-refractivity contribution in [3.05, 3.63) is 68.7 Å². The van der Waals surface area contributed by atoms with Gasteiger partial charge in [0.2, 0.25) is 0 Å². The number of carbonyl (C=O) groups is 1. The zero-order chi connectivity index (χ0) is 16.4. The molecule has 3 aromatic rings. The van der Waals surface area contributed by atoms with E-state index >= 15 is 0 Å². The van der Waals surface area contributed by atoms with Gasteiger partial charge in [-0.1, -0.05) is 38.1 Å². The molecule has 0 aliphatic carbocycles. The molecular weight excluding hydrogens is 310 g/mol. The van der Waals surface area contributed by atoms with E-state index in [0.29, 0.717) is 5.58 Å². The fourth-order valence-corrected chi connectivity index (χ4v) is 3.42. The van der Waals surface area contributed by atoms with Gasteiger partial charge in [-0.15, -0.1) is 11.3 Å². The molecule has 2 heterocycles. The molecule has 0 fully saturated rings. The lowest BCUT2D eigenvalue weighted by molar-refractivity contribution is 0.0923. The Bertz CT molecular complexity index is 881. The molecule has 0 aliphatic heterocycles. The summed E-state index contributed by atoms with van der Waals surface area (Å²) >= 11 is 1.59. The van der Waals surface area contributed by atoms with Gasteiger partial charge >= 0.3 is 5.63 Å². The van der Waals surface area contributed by atoms with E-state index in [0.717, 1.165) is 10.3 Å². The zero-order valence-electron chi connectivity index (χ0n) is 12.9. The summed E-state index contributed by atoms with van der Waals surface area (Å²) in [5, 5.41) is 5.66. The van der Waals surface area contributed by atoms with Crippen LogP contribution in [0, 0.1) is 5.92 Å². The average Bonchev–Trinajstić information content (AvgIpc) is 3.05. The van der Waals surface area contributed by atoms with Crippen LogP contribution in [0.15, 0.2) is 57.1 Å². The maximum atomic E-state index is 12.6. The van der Waals surface area contributed by atoms with Gasteiger partial charge < -0.3 is 9.73 Å². The molecule has 5 heteroatoms. The van der Waals surface area contributed by atoms with Crippen LogP contribution < -0.4 is 10.9 Å². The van der Waals surface area contributed by atoms with Crippen LogP contribution in [0.1, 0.15) is 35.1 Å². The minimum absolute atomic E-state index is 0.0332. The average molecular weight is 327 g/mol. The van der Waals surface area contributed by atoms with Crippen LogP contribution in [0.3, 0.4) is 0 Å². The Morgan fingerprint density at radius 2 is 1.96 bits per heavy atom. The number of thiophene rings is 1. The maximum absolute atomic E-state index is 12.6. The van der Waals surface area contributed by atoms with Gasteiger partial charge in [-0.3, -0.25) is 4.79 Å². The molecule has 1 N–H and O–H groups in total. The number of carbonyl (C=O) groups excluding carboxylic acids is 1. The highest BCUT2D eigenvalue weighted by Gasteiger charge is 2.22. The highest BCUT2D eigenvalue weighted by Crippen LogP contribution is 2.26. The van der Waals surface area contributed by atoms with Gasteiger partial charge in [0.1, 0.15) is 11.1 Å². The van der Waals surface area contributed by atoms with E-state index in [2.05, 4.69) is 5.32 Å². The van der Waals surface area contributed by atoms with Crippen molar-refractivity contribution >= 4 is 28.2 Å². The van der Waals surface area contributed by atoms with Crippen molar-refractivity contribution in [3.8, 4) is 0 Å². The summed E-state index contributed by atoms with van der Waals surface area (Å²) in [6.07, 6.45) is 0. The minimum Gasteiger partial charge on any atom is -0.422 e. The van der Waals surface area contributed by atoms with Gasteiger partial charge in [0, 0.05) is 10.3 Å². The first-order valence-corrected chi connectivity index (χ1v) is 8.31. The summed E-state index contributed by atoms with van der Waals surface area (Å²) in [6.45, 7) is 4.07. The fraction of sp³-hybridized carbons (Fsp3) is 0.222. The van der Waals surface area contributed by atoms with E-state index in [1.807, 2.05) is 43.5 Å². The Labute approximate surface area is 137 Å². The van der Waals surface area contributed by atoms with E-state index < -0.39 is 11.5 Å². The van der Waals surface area contributed by atoms with Crippen molar-refractivity contribution in [3.63, 3.8) is 0 Å². The lowest BCUT2D eigenvalue weighted by Crippen LogP contribution is -2.34. The smallest absolute Gasteiger partial charge is 0.349 e. The largest absolute Gasteiger partial charge is 0.422 e. The van der Waals surface area contributed by atoms with Crippen LogP contribution in [0.2, 0.25) is 0 Å². The SMILES string of the molecule is CC(C)[C@H](NC(=O)c1cc2ccccc2oc1=O)c1cccs1. The molecule has 23 heavy (non-hydrogen) atoms. The van der Waals surface area contributed by atoms with E-state index in [1.165, 1.54) is 0 Å². The second kappa shape index (κ2) is 6.38. The first-order chi connectivity index (χ1) is 11.1. The number of hydrogen-bond donors (Lipinski definition) is 1. The lowest BCUT2D eigenvalue weighted by Gasteiger charge is -2.21. The molecule has 1 atom stereocenters. The quantitative estimate of drug-likeness (QED) is 0.737. The maximum Gasteiger partial charge on any atom is 0.349 e. The number of rotatable bonds is 4. The van der Waals surface area contributed by atoms with Crippen molar-refractivity contribution in [1.29, 1.82) is 0 Å². The van der Waals surface area contributed by atoms with Crippen LogP contribution in [0.25, 0.3) is 11.0 Å². The van der Waals surface area contributed by atoms with Gasteiger partial charge in [0.15, 0.2) is 0 Å². The first-order valence-electron chi connectivity index (χ1n) is 7.43. The highest BCUT2D eigenvalue weighted by atomic mass is 32.1. The topological polar surface area (TPSA) is 59.3 Å². The van der Waals surface area contributed by atoms with E-state index in [4.69, 9.17) is 4.42 Å². The molecule has 2 aromatic heterocycles. The van der Waals surface area contributed by atoms with Crippen molar-refractivity contribution in [2.45, 2.75) is 19.9 Å². The molecule has 0 bridgehead atoms. The summed E-state index contributed by atoms with van der Waals surface area (Å²) in [5.41, 5.74) is -0.103. The Morgan fingerprint density at radius 3 is 2.65 bits per heavy atom. The van der Waals surface area contributed by atoms with E-state index in [1.54, 1.807) is 29.5 Å². The third-order valence-corrected chi connectivity index (χ3v) is 4.64. The number of fused-ring (bicyclic) bond motifs is 1. The molecule has 0 saturated carbocycles. The second-order valence-electron chi connectivity index (χ2n) is 5.70. The summed E-state index contributed by atoms with van der Waals surface area (Å²) in [6, 6.07) is 12.5. The molecule has 0 unspecified atom stereocenters. The summed E-state index contributed by atoms with van der Waals surface area (Å²) in [7, 11) is 0. The molecule has 0 saturated heterocycles. The molecule has 0 aliphatic rings. The van der Waals surface area contributed by atoms with Crippen LogP contribution in [0.5, 0.6) is 0 Å². The van der Waals surface area contributed by atoms with E-state index in [9.17, 15) is 9.59 Å². The molecule has 1 aromatic carbocycles. The third kappa shape index (κ3) is 3.19. The van der Waals surface area contributed by atoms with Crippen molar-refractivity contribution < 1.29 is 9.21 Å². The molecule has 0 spiro atoms. The van der Waals surface area contributed by atoms with E-state index in [-0.39, 0.29) is 17.5 Å². The highest BCUT2D eigenvalue weighted by molar-refractivity contribution is 7.10. The first kappa shape index (κ1) is 15.5. The van der Waals surface area contributed by atoms with Crippen LogP contribution >= 0.6 is 11.3 Å². The summed E-state index contributed by atoms with van der Waals surface area (Å²) in [4.78, 5) is 25.7. The molecule has 118 valence electrons. The molecular formula is C18H17NO3S. The Balaban J connectivity index is 1.93. The third-order valence-electron chi connectivity index (χ3n) is 3.69. The number of benzene rings is 1. The number of hydrogen-bond acceptors (Lipinski definition) is 4. The Hall–Kier alpha value is -2.40. The van der Waals surface area contributed by atoms with Crippen LogP contribution in [-0.2, 0) is 0 Å². The normalized spacial score (nSPS) is 12.5. The Kier molecular flexibility index (Phi) is 4.30. The lowest BCUT2D eigenvalue weighted by atomic mass is 10.0. The predicted molar refractivity (Wildman–Crippen MR) is 91.8 cm³/mol. The molecule has 1 amide bonds. The number of para-hydroxylation sites is 1. The van der Waals surface area contributed by atoms with Crippen molar-refractivity contribution in [2.75, 3.05) is 0 Å². The van der Waals surface area contributed by atoms with Gasteiger partial charge in [0.05, 0.1) is 6.04 Å². The van der Waals surface area contributed by atoms with Crippen LogP contribution in [-0.4, -0.2) is 5.91 Å². The molecule has 0 radical (unpaired) electrons. The second-order valence-corrected chi connectivity index (χ2v) is 6.68. The number of amides is 1. The summed E-state index contributed by atoms with van der Waals surface area (Å²) < 4.78 is 5.23. The molecule has 3 rings (SSSR count). The monoisotopic (exact) mass is 327 g/mol. The minimum atomic E-state index is -0.616. The standard InChI is InChI=1S/C18H17NO3S/c1-11(2)16(15-8-5-9-23-15)19-17(20)13-10-12-6-3-4-7-14(12)22-18(13)21/h3-11,16H,1-2H3,(H,19,20)/t16-/m0/s1. The Morgan fingerprint density at radius 1 is 1.17 bits per heavy atom. The number of nitrogens with one attached hydrogen (secondary N) is 1. The van der Waals surface area contributed by atoms with Crippen molar-refractivity contribution in [2.24, 2.45) is 5.92 Å². The van der Waals surface area contributed by atoms with Crippen molar-refractivity contribution in [1.82, 2.24) is 5.32 Å². The van der Waals surface area contributed by atoms with Gasteiger partial charge in [-0.25, -0.2) is 4.79 Å². The molecule has 4 nitrogen and oxygen atoms in total. The summed E-state index contributed by atoms with van der Waals surface area (Å²) in [5.74, 6) is -0.193. The van der Waals surface area contributed by atoms with Gasteiger partial charge in [0.25, 0.3) is 5.91 Å². The fourth-order valence-electron chi connectivity index (χ4n) is 2.47. The van der Waals surface area contributed by atoms with Gasteiger partial charge in [-0.05, 0) is 29.5 Å². The van der Waals surface area contributed by atoms with Gasteiger partial charge in [-0.2, -0.15) is 0 Å².